The van der Waals surface area contributed by atoms with Crippen LogP contribution < -0.4 is 5.32 Å². The van der Waals surface area contributed by atoms with Crippen LogP contribution in [-0.4, -0.2) is 23.5 Å². The molecule has 0 aliphatic rings. The molecule has 0 aliphatic carbocycles. The van der Waals surface area contributed by atoms with Gasteiger partial charge >= 0.3 is 5.97 Å². The van der Waals surface area contributed by atoms with Crippen LogP contribution in [0.3, 0.4) is 0 Å². The number of amides is 1. The molecule has 0 saturated carbocycles. The van der Waals surface area contributed by atoms with Gasteiger partial charge in [-0.15, -0.1) is 0 Å². The second kappa shape index (κ2) is 42.2. The van der Waals surface area contributed by atoms with Gasteiger partial charge < -0.3 is 10.4 Å². The van der Waals surface area contributed by atoms with Crippen molar-refractivity contribution in [3.8, 4) is 0 Å². The molecule has 204 valence electrons. The number of hydrogen-bond acceptors (Lipinski definition) is 2. The Morgan fingerprint density at radius 3 is 1.50 bits per heavy atom. The fourth-order valence-electron chi connectivity index (χ4n) is 2.96. The van der Waals surface area contributed by atoms with Crippen molar-refractivity contribution in [1.29, 1.82) is 0 Å². The predicted octanol–water partition coefficient (Wildman–Crippen LogP) is 7.01. The van der Waals surface area contributed by atoms with Crippen LogP contribution in [0.5, 0.6) is 0 Å². The van der Waals surface area contributed by atoms with Gasteiger partial charge in [0, 0.05) is 13.0 Å². The molecule has 0 unspecified atom stereocenters. The Kier molecular flexibility index (Phi) is 71.4. The lowest BCUT2D eigenvalue weighted by Crippen LogP contribution is -2.24. The van der Waals surface area contributed by atoms with Gasteiger partial charge in [-0.25, -0.2) is 0 Å². The molecule has 0 aliphatic heterocycles. The quantitative estimate of drug-likeness (QED) is 0.173. The average Bonchev–Trinajstić information content (AvgIpc) is 2.59. The van der Waals surface area contributed by atoms with Crippen molar-refractivity contribution in [1.82, 2.24) is 5.32 Å². The Balaban J connectivity index is -0.000000137. The van der Waals surface area contributed by atoms with E-state index in [0.29, 0.717) is 19.4 Å². The summed E-state index contributed by atoms with van der Waals surface area (Å²) in [6, 6.07) is 0. The van der Waals surface area contributed by atoms with Gasteiger partial charge in [0.2, 0.25) is 5.91 Å². The minimum Gasteiger partial charge on any atom is -0.481 e. The molecule has 0 heterocycles. The van der Waals surface area contributed by atoms with Crippen LogP contribution in [0.25, 0.3) is 0 Å². The number of carboxylic acids is 1. The topological polar surface area (TPSA) is 66.4 Å². The third kappa shape index (κ3) is 41.3. The van der Waals surface area contributed by atoms with E-state index in [1.807, 2.05) is 0 Å². The molecule has 1 atom stereocenters. The highest BCUT2D eigenvalue weighted by Crippen LogP contribution is 2.12. The summed E-state index contributed by atoms with van der Waals surface area (Å²) < 4.78 is 0. The fourth-order valence-corrected chi connectivity index (χ4v) is 2.96. The minimum atomic E-state index is -0.736. The van der Waals surface area contributed by atoms with E-state index in [0.717, 1.165) is 25.7 Å². The molecule has 4 nitrogen and oxygen atoms in total. The lowest BCUT2D eigenvalue weighted by Gasteiger charge is -2.07. The first kappa shape index (κ1) is 54.1. The first-order valence-electron chi connectivity index (χ1n) is 10.6. The van der Waals surface area contributed by atoms with Crippen LogP contribution in [0.15, 0.2) is 0 Å². The number of hydrogen-bond donors (Lipinski definition) is 2. The van der Waals surface area contributed by atoms with Crippen LogP contribution in [0, 0.1) is 5.92 Å². The van der Waals surface area contributed by atoms with E-state index in [4.69, 9.17) is 5.11 Å². The molecule has 0 radical (unpaired) electrons. The molecular formula is C22H57NO3S6. The van der Waals surface area contributed by atoms with Crippen molar-refractivity contribution >= 4 is 92.9 Å². The highest BCUT2D eigenvalue weighted by atomic mass is 32.1. The normalized spacial score (nSPS) is 9.44. The van der Waals surface area contributed by atoms with Crippen molar-refractivity contribution in [3.63, 3.8) is 0 Å². The Morgan fingerprint density at radius 2 is 1.09 bits per heavy atom. The van der Waals surface area contributed by atoms with Crippen LogP contribution in [-0.2, 0) is 9.59 Å². The van der Waals surface area contributed by atoms with Crippen LogP contribution in [0.4, 0.5) is 0 Å². The Bertz CT molecular complexity index is 354. The number of aliphatic carboxylic acids is 1. The van der Waals surface area contributed by atoms with Crippen LogP contribution >= 0.6 is 81.0 Å². The van der Waals surface area contributed by atoms with E-state index < -0.39 is 5.97 Å². The maximum atomic E-state index is 11.7. The summed E-state index contributed by atoms with van der Waals surface area (Å²) in [5.41, 5.74) is 0. The molecule has 2 N–H and O–H groups in total. The zero-order chi connectivity index (χ0) is 18.8. The standard InChI is InChI=1S/C21H41NO3.CH4.6H2S/c1-3-4-5-6-7-8-9-10-11-12-13-17-20(23)22-18-15-14-16-19(2)21(24)25;;;;;;;/h19H,3-18H2,1-2H3,(H,22,23)(H,24,25);1H4;6*1H2/t19-;;;;;;;/m0......./s1. The third-order valence-electron chi connectivity index (χ3n) is 4.82. The Labute approximate surface area is 241 Å². The molecule has 0 fully saturated rings. The van der Waals surface area contributed by atoms with Gasteiger partial charge in [0.15, 0.2) is 0 Å². The number of nitrogens with one attached hydrogen (secondary N) is 1. The predicted molar refractivity (Wildman–Crippen MR) is 174 cm³/mol. The number of carbonyl (C=O) groups excluding carboxylic acids is 1. The SMILES string of the molecule is C.CCCCCCCCCCCCCC(=O)NCCCC[C@H](C)C(=O)O.S.S.S.S.S.S. The zero-order valence-corrected chi connectivity index (χ0v) is 25.7. The molecule has 10 heteroatoms. The Morgan fingerprint density at radius 1 is 0.688 bits per heavy atom. The maximum Gasteiger partial charge on any atom is 0.306 e. The van der Waals surface area contributed by atoms with Crippen LogP contribution in [0.1, 0.15) is 118 Å². The molecule has 0 aromatic carbocycles. The summed E-state index contributed by atoms with van der Waals surface area (Å²) in [5, 5.41) is 11.7. The number of rotatable bonds is 18. The smallest absolute Gasteiger partial charge is 0.306 e. The van der Waals surface area contributed by atoms with Gasteiger partial charge in [-0.05, 0) is 19.3 Å². The van der Waals surface area contributed by atoms with E-state index in [1.54, 1.807) is 6.92 Å². The van der Waals surface area contributed by atoms with Crippen molar-refractivity contribution in [2.75, 3.05) is 6.54 Å². The minimum absolute atomic E-state index is 0. The van der Waals surface area contributed by atoms with E-state index in [-0.39, 0.29) is 100 Å². The van der Waals surface area contributed by atoms with Gasteiger partial charge in [-0.3, -0.25) is 9.59 Å². The average molecular weight is 576 g/mol. The lowest BCUT2D eigenvalue weighted by atomic mass is 10.0. The van der Waals surface area contributed by atoms with E-state index >= 15 is 0 Å². The number of carboxylic acid groups (broad SMARTS) is 1. The third-order valence-corrected chi connectivity index (χ3v) is 4.82. The first-order valence-corrected chi connectivity index (χ1v) is 10.6. The highest BCUT2D eigenvalue weighted by Gasteiger charge is 2.09. The monoisotopic (exact) mass is 575 g/mol. The molecule has 0 bridgehead atoms. The second-order valence-corrected chi connectivity index (χ2v) is 7.37. The molecule has 0 spiro atoms. The number of unbranched alkanes of at least 4 members (excludes halogenated alkanes) is 11. The van der Waals surface area contributed by atoms with Crippen molar-refractivity contribution in [2.24, 2.45) is 5.92 Å². The summed E-state index contributed by atoms with van der Waals surface area (Å²) in [7, 11) is 0. The summed E-state index contributed by atoms with van der Waals surface area (Å²) >= 11 is 0. The Hall–Kier alpha value is 1.04. The number of carbonyl (C=O) groups is 2. The zero-order valence-electron chi connectivity index (χ0n) is 19.7. The molecule has 1 amide bonds. The molecule has 0 saturated heterocycles. The van der Waals surface area contributed by atoms with E-state index in [1.165, 1.54) is 57.8 Å². The highest BCUT2D eigenvalue weighted by molar-refractivity contribution is 7.60. The molecular weight excluding hydrogens is 519 g/mol. The van der Waals surface area contributed by atoms with Gasteiger partial charge in [-0.2, -0.15) is 81.0 Å². The van der Waals surface area contributed by atoms with Crippen LogP contribution in [0.2, 0.25) is 0 Å². The van der Waals surface area contributed by atoms with Gasteiger partial charge in [0.25, 0.3) is 0 Å². The van der Waals surface area contributed by atoms with Crippen molar-refractivity contribution in [3.05, 3.63) is 0 Å². The van der Waals surface area contributed by atoms with Gasteiger partial charge in [0.1, 0.15) is 0 Å². The maximum absolute atomic E-state index is 11.7. The van der Waals surface area contributed by atoms with E-state index in [2.05, 4.69) is 12.2 Å². The summed E-state index contributed by atoms with van der Waals surface area (Å²) in [6.45, 7) is 4.65. The summed E-state index contributed by atoms with van der Waals surface area (Å²) in [6.07, 6.45) is 17.3. The van der Waals surface area contributed by atoms with Gasteiger partial charge in [0.05, 0.1) is 5.92 Å². The van der Waals surface area contributed by atoms with Crippen molar-refractivity contribution in [2.45, 2.75) is 118 Å². The largest absolute Gasteiger partial charge is 0.481 e. The molecule has 0 rings (SSSR count). The van der Waals surface area contributed by atoms with Crippen molar-refractivity contribution < 1.29 is 14.7 Å². The first-order chi connectivity index (χ1) is 12.1. The molecule has 0 aromatic heterocycles. The molecule has 0 aromatic rings. The molecule has 32 heavy (non-hydrogen) atoms. The second-order valence-electron chi connectivity index (χ2n) is 7.37. The summed E-state index contributed by atoms with van der Waals surface area (Å²) in [5.74, 6) is -0.880. The van der Waals surface area contributed by atoms with E-state index in [9.17, 15) is 9.59 Å². The fraction of sp³-hybridized carbons (Fsp3) is 0.909. The van der Waals surface area contributed by atoms with Gasteiger partial charge in [-0.1, -0.05) is 91.9 Å². The lowest BCUT2D eigenvalue weighted by molar-refractivity contribution is -0.141. The summed E-state index contributed by atoms with van der Waals surface area (Å²) in [4.78, 5) is 22.4.